The van der Waals surface area contributed by atoms with Gasteiger partial charge in [0.15, 0.2) is 0 Å². The van der Waals surface area contributed by atoms with Gasteiger partial charge in [0.2, 0.25) is 0 Å². The van der Waals surface area contributed by atoms with Gasteiger partial charge >= 0.3 is 6.18 Å². The van der Waals surface area contributed by atoms with Gasteiger partial charge in [0.05, 0.1) is 17.7 Å². The van der Waals surface area contributed by atoms with Gasteiger partial charge in [-0.3, -0.25) is 4.79 Å². The summed E-state index contributed by atoms with van der Waals surface area (Å²) in [6, 6.07) is 10.1. The van der Waals surface area contributed by atoms with E-state index >= 15 is 0 Å². The van der Waals surface area contributed by atoms with E-state index in [1.807, 2.05) is 0 Å². The Morgan fingerprint density at radius 2 is 1.57 bits per heavy atom. The Balaban J connectivity index is 2.05. The van der Waals surface area contributed by atoms with Crippen molar-refractivity contribution >= 4 is 15.9 Å². The van der Waals surface area contributed by atoms with Crippen molar-refractivity contribution in [1.29, 1.82) is 0 Å². The first-order chi connectivity index (χ1) is 10.7. The average molecular weight is 341 g/mol. The molecule has 1 aliphatic rings. The highest BCUT2D eigenvalue weighted by Gasteiger charge is 2.42. The molecular formula is C15H10F3NO3S. The van der Waals surface area contributed by atoms with Crippen molar-refractivity contribution in [3.8, 4) is 0 Å². The van der Waals surface area contributed by atoms with E-state index in [4.69, 9.17) is 0 Å². The Bertz CT molecular complexity index is 891. The fourth-order valence-electron chi connectivity index (χ4n) is 2.48. The van der Waals surface area contributed by atoms with E-state index in [1.54, 1.807) is 0 Å². The van der Waals surface area contributed by atoms with E-state index in [0.717, 1.165) is 12.1 Å². The molecule has 0 aliphatic carbocycles. The van der Waals surface area contributed by atoms with Crippen molar-refractivity contribution in [2.75, 3.05) is 0 Å². The number of alkyl halides is 3. The molecule has 2 aromatic carbocycles. The highest BCUT2D eigenvalue weighted by atomic mass is 32.2. The molecule has 0 fully saturated rings. The van der Waals surface area contributed by atoms with Crippen molar-refractivity contribution in [1.82, 2.24) is 4.31 Å². The molecule has 0 spiro atoms. The summed E-state index contributed by atoms with van der Waals surface area (Å²) >= 11 is 0. The maximum absolute atomic E-state index is 13.0. The lowest BCUT2D eigenvalue weighted by Gasteiger charge is -2.18. The summed E-state index contributed by atoms with van der Waals surface area (Å²) < 4.78 is 64.3. The maximum Gasteiger partial charge on any atom is 0.416 e. The van der Waals surface area contributed by atoms with Crippen LogP contribution in [0.3, 0.4) is 0 Å². The van der Waals surface area contributed by atoms with E-state index < -0.39 is 34.2 Å². The van der Waals surface area contributed by atoms with Gasteiger partial charge in [-0.15, -0.1) is 0 Å². The summed E-state index contributed by atoms with van der Waals surface area (Å²) in [6.07, 6.45) is -4.63. The first kappa shape index (κ1) is 15.5. The van der Waals surface area contributed by atoms with E-state index in [9.17, 15) is 26.4 Å². The van der Waals surface area contributed by atoms with Crippen LogP contribution >= 0.6 is 0 Å². The lowest BCUT2D eigenvalue weighted by Crippen LogP contribution is -2.30. The molecule has 0 atom stereocenters. The van der Waals surface area contributed by atoms with Gasteiger partial charge in [-0.1, -0.05) is 30.3 Å². The van der Waals surface area contributed by atoms with Crippen LogP contribution in [0.4, 0.5) is 13.2 Å². The number of hydrogen-bond acceptors (Lipinski definition) is 3. The second kappa shape index (κ2) is 5.09. The molecule has 1 aliphatic heterocycles. The predicted octanol–water partition coefficient (Wildman–Crippen LogP) is 3.05. The number of amides is 1. The molecule has 0 unspecified atom stereocenters. The molecule has 8 heteroatoms. The number of halogens is 3. The number of rotatable bonds is 2. The molecule has 0 saturated heterocycles. The molecule has 23 heavy (non-hydrogen) atoms. The minimum atomic E-state index is -4.63. The molecule has 2 aromatic rings. The van der Waals surface area contributed by atoms with Crippen LogP contribution in [0.25, 0.3) is 0 Å². The normalized spacial score (nSPS) is 16.5. The molecule has 1 amide bonds. The first-order valence-corrected chi connectivity index (χ1v) is 7.98. The summed E-state index contributed by atoms with van der Waals surface area (Å²) in [6.45, 7) is -0.661. The highest BCUT2D eigenvalue weighted by Crippen LogP contribution is 2.35. The van der Waals surface area contributed by atoms with Crippen LogP contribution in [-0.4, -0.2) is 18.6 Å². The number of sulfonamides is 1. The van der Waals surface area contributed by atoms with Crippen LogP contribution in [-0.2, 0) is 22.7 Å². The molecule has 4 nitrogen and oxygen atoms in total. The van der Waals surface area contributed by atoms with Crippen LogP contribution in [0.5, 0.6) is 0 Å². The minimum absolute atomic E-state index is 0.0306. The quantitative estimate of drug-likeness (QED) is 0.844. The number of carbonyl (C=O) groups is 1. The average Bonchev–Trinajstić information content (AvgIpc) is 2.68. The molecule has 0 radical (unpaired) electrons. The monoisotopic (exact) mass is 341 g/mol. The zero-order chi connectivity index (χ0) is 16.8. The number of benzene rings is 2. The van der Waals surface area contributed by atoms with Crippen molar-refractivity contribution in [3.63, 3.8) is 0 Å². The van der Waals surface area contributed by atoms with E-state index in [2.05, 4.69) is 0 Å². The molecule has 120 valence electrons. The van der Waals surface area contributed by atoms with Gasteiger partial charge < -0.3 is 0 Å². The Hall–Kier alpha value is -2.35. The summed E-state index contributed by atoms with van der Waals surface area (Å²) in [7, 11) is -4.14. The number of hydrogen-bond donors (Lipinski definition) is 0. The number of fused-ring (bicyclic) bond motifs is 1. The van der Waals surface area contributed by atoms with Crippen molar-refractivity contribution < 1.29 is 26.4 Å². The maximum atomic E-state index is 13.0. The minimum Gasteiger partial charge on any atom is -0.268 e. The summed E-state index contributed by atoms with van der Waals surface area (Å²) in [4.78, 5) is 12.1. The van der Waals surface area contributed by atoms with Crippen LogP contribution in [0.2, 0.25) is 0 Å². The fourth-order valence-corrected chi connectivity index (χ4v) is 4.02. The zero-order valence-electron chi connectivity index (χ0n) is 11.5. The second-order valence-electron chi connectivity index (χ2n) is 4.97. The number of carbonyl (C=O) groups excluding carboxylic acids is 1. The Kier molecular flexibility index (Phi) is 3.44. The molecular weight excluding hydrogens is 331 g/mol. The Morgan fingerprint density at radius 3 is 2.22 bits per heavy atom. The van der Waals surface area contributed by atoms with Crippen LogP contribution < -0.4 is 0 Å². The Labute approximate surface area is 130 Å². The zero-order valence-corrected chi connectivity index (χ0v) is 12.4. The van der Waals surface area contributed by atoms with Crippen LogP contribution in [0, 0.1) is 0 Å². The van der Waals surface area contributed by atoms with Crippen molar-refractivity contribution in [2.24, 2.45) is 0 Å². The molecule has 0 bridgehead atoms. The van der Waals surface area contributed by atoms with Gasteiger partial charge in [0, 0.05) is 0 Å². The number of nitrogens with zero attached hydrogens (tertiary/aromatic N) is 1. The lowest BCUT2D eigenvalue weighted by molar-refractivity contribution is -0.138. The van der Waals surface area contributed by atoms with Gasteiger partial charge in [-0.05, 0) is 23.8 Å². The van der Waals surface area contributed by atoms with Crippen molar-refractivity contribution in [2.45, 2.75) is 17.6 Å². The van der Waals surface area contributed by atoms with Gasteiger partial charge in [0.1, 0.15) is 4.90 Å². The van der Waals surface area contributed by atoms with Crippen molar-refractivity contribution in [3.05, 3.63) is 65.2 Å². The summed E-state index contributed by atoms with van der Waals surface area (Å²) in [5.74, 6) is -0.822. The molecule has 0 N–H and O–H groups in total. The molecule has 1 heterocycles. The fraction of sp³-hybridized carbons (Fsp3) is 0.133. The largest absolute Gasteiger partial charge is 0.416 e. The van der Waals surface area contributed by atoms with Crippen LogP contribution in [0.1, 0.15) is 21.5 Å². The first-order valence-electron chi connectivity index (χ1n) is 6.54. The van der Waals surface area contributed by atoms with Crippen LogP contribution in [0.15, 0.2) is 53.4 Å². The van der Waals surface area contributed by atoms with E-state index in [0.29, 0.717) is 4.31 Å². The topological polar surface area (TPSA) is 54.5 Å². The third-order valence-electron chi connectivity index (χ3n) is 3.55. The lowest BCUT2D eigenvalue weighted by atomic mass is 10.1. The predicted molar refractivity (Wildman–Crippen MR) is 74.9 cm³/mol. The molecule has 3 rings (SSSR count). The van der Waals surface area contributed by atoms with E-state index in [1.165, 1.54) is 36.4 Å². The van der Waals surface area contributed by atoms with Gasteiger partial charge in [-0.25, -0.2) is 12.7 Å². The SMILES string of the molecule is O=C1c2ccccc2S(=O)(=O)N1Cc1ccccc1C(F)(F)F. The van der Waals surface area contributed by atoms with Gasteiger partial charge in [-0.2, -0.15) is 13.2 Å². The summed E-state index contributed by atoms with van der Waals surface area (Å²) in [5.41, 5.74) is -1.26. The van der Waals surface area contributed by atoms with E-state index in [-0.39, 0.29) is 16.0 Å². The second-order valence-corrected chi connectivity index (χ2v) is 6.80. The third-order valence-corrected chi connectivity index (χ3v) is 5.34. The smallest absolute Gasteiger partial charge is 0.268 e. The third kappa shape index (κ3) is 2.48. The highest BCUT2D eigenvalue weighted by molar-refractivity contribution is 7.90. The standard InChI is InChI=1S/C15H10F3NO3S/c16-15(17,18)12-7-3-1-5-10(12)9-19-14(20)11-6-2-4-8-13(11)23(19,21)22/h1-8H,9H2. The van der Waals surface area contributed by atoms with Gasteiger partial charge in [0.25, 0.3) is 15.9 Å². The molecule has 0 aromatic heterocycles. The Morgan fingerprint density at radius 1 is 0.957 bits per heavy atom. The summed E-state index contributed by atoms with van der Waals surface area (Å²) in [5, 5.41) is 0. The molecule has 0 saturated carbocycles.